The molecule has 0 bridgehead atoms. The van der Waals surface area contributed by atoms with Crippen molar-refractivity contribution >= 4 is 22.8 Å². The third kappa shape index (κ3) is 2.44. The summed E-state index contributed by atoms with van der Waals surface area (Å²) in [4.78, 5) is 4.67. The minimum absolute atomic E-state index is 0.408. The van der Waals surface area contributed by atoms with Crippen molar-refractivity contribution in [3.8, 4) is 0 Å². The highest BCUT2D eigenvalue weighted by Crippen LogP contribution is 2.21. The van der Waals surface area contributed by atoms with E-state index in [-0.39, 0.29) is 0 Å². The number of hydrogen-bond acceptors (Lipinski definition) is 3. The summed E-state index contributed by atoms with van der Waals surface area (Å²) in [7, 11) is 3.89. The molecular formula is C14H19ClN6. The molecule has 0 fully saturated rings. The number of imidazole rings is 1. The number of alkyl halides is 1. The zero-order chi connectivity index (χ0) is 15.0. The molecule has 0 N–H and O–H groups in total. The number of aryl methyl sites for hydroxylation is 5. The third-order valence-electron chi connectivity index (χ3n) is 3.71. The van der Waals surface area contributed by atoms with Crippen LogP contribution in [-0.4, -0.2) is 29.1 Å². The standard InChI is InChI=1S/C14H19ClN6/c1-4-11-13-14(20(3)18-11)21(12(7-15)17-13)6-5-10-8-16-19(2)9-10/h8-9H,4-7H2,1-3H3. The number of halogens is 1. The Morgan fingerprint density at radius 1 is 1.29 bits per heavy atom. The van der Waals surface area contributed by atoms with Gasteiger partial charge < -0.3 is 4.57 Å². The first-order chi connectivity index (χ1) is 10.1. The van der Waals surface area contributed by atoms with Crippen molar-refractivity contribution in [2.75, 3.05) is 0 Å². The number of nitrogens with zero attached hydrogens (tertiary/aromatic N) is 6. The van der Waals surface area contributed by atoms with E-state index in [4.69, 9.17) is 11.6 Å². The molecule has 3 aromatic heterocycles. The Bertz CT molecular complexity index is 766. The second-order valence-electron chi connectivity index (χ2n) is 5.18. The molecular weight excluding hydrogens is 288 g/mol. The highest BCUT2D eigenvalue weighted by molar-refractivity contribution is 6.16. The molecule has 0 aliphatic heterocycles. The number of aromatic nitrogens is 6. The van der Waals surface area contributed by atoms with Gasteiger partial charge in [-0.05, 0) is 18.4 Å². The summed E-state index contributed by atoms with van der Waals surface area (Å²) >= 11 is 6.06. The summed E-state index contributed by atoms with van der Waals surface area (Å²) in [5.41, 5.74) is 4.25. The fourth-order valence-electron chi connectivity index (χ4n) is 2.70. The van der Waals surface area contributed by atoms with E-state index in [0.29, 0.717) is 5.88 Å². The van der Waals surface area contributed by atoms with Crippen LogP contribution in [0.4, 0.5) is 0 Å². The SMILES string of the molecule is CCc1nn(C)c2c1nc(CCl)n2CCc1cnn(C)c1. The summed E-state index contributed by atoms with van der Waals surface area (Å²) in [5.74, 6) is 1.31. The smallest absolute Gasteiger partial charge is 0.158 e. The molecule has 0 spiro atoms. The molecule has 3 heterocycles. The van der Waals surface area contributed by atoms with Crippen molar-refractivity contribution in [2.24, 2.45) is 14.1 Å². The van der Waals surface area contributed by atoms with Gasteiger partial charge in [-0.15, -0.1) is 11.6 Å². The van der Waals surface area contributed by atoms with Gasteiger partial charge in [-0.3, -0.25) is 9.36 Å². The quantitative estimate of drug-likeness (QED) is 0.678. The van der Waals surface area contributed by atoms with E-state index in [1.807, 2.05) is 35.9 Å². The van der Waals surface area contributed by atoms with Crippen LogP contribution < -0.4 is 0 Å². The Kier molecular flexibility index (Phi) is 3.71. The Balaban J connectivity index is 1.97. The van der Waals surface area contributed by atoms with Gasteiger partial charge >= 0.3 is 0 Å². The van der Waals surface area contributed by atoms with Crippen molar-refractivity contribution in [1.29, 1.82) is 0 Å². The van der Waals surface area contributed by atoms with E-state index in [9.17, 15) is 0 Å². The van der Waals surface area contributed by atoms with Gasteiger partial charge in [-0.2, -0.15) is 10.2 Å². The maximum atomic E-state index is 6.06. The van der Waals surface area contributed by atoms with Crippen molar-refractivity contribution < 1.29 is 0 Å². The van der Waals surface area contributed by atoms with Crippen LogP contribution >= 0.6 is 11.6 Å². The Morgan fingerprint density at radius 2 is 2.10 bits per heavy atom. The summed E-state index contributed by atoms with van der Waals surface area (Å²) in [6.07, 6.45) is 5.71. The molecule has 0 atom stereocenters. The largest absolute Gasteiger partial charge is 0.312 e. The normalized spacial score (nSPS) is 11.6. The van der Waals surface area contributed by atoms with Gasteiger partial charge in [0.25, 0.3) is 0 Å². The highest BCUT2D eigenvalue weighted by Gasteiger charge is 2.17. The molecule has 0 unspecified atom stereocenters. The van der Waals surface area contributed by atoms with Crippen LogP contribution in [0.5, 0.6) is 0 Å². The van der Waals surface area contributed by atoms with E-state index in [1.54, 1.807) is 0 Å². The average Bonchev–Trinajstić information content (AvgIpc) is 3.12. The fourth-order valence-corrected chi connectivity index (χ4v) is 2.91. The van der Waals surface area contributed by atoms with Crippen LogP contribution in [0, 0.1) is 0 Å². The lowest BCUT2D eigenvalue weighted by atomic mass is 10.2. The monoisotopic (exact) mass is 306 g/mol. The lowest BCUT2D eigenvalue weighted by Crippen LogP contribution is -2.08. The van der Waals surface area contributed by atoms with Crippen molar-refractivity contribution in [2.45, 2.75) is 32.2 Å². The molecule has 0 saturated carbocycles. The van der Waals surface area contributed by atoms with Crippen LogP contribution in [0.2, 0.25) is 0 Å². The van der Waals surface area contributed by atoms with Crippen LogP contribution in [0.15, 0.2) is 12.4 Å². The molecule has 0 aliphatic rings. The van der Waals surface area contributed by atoms with E-state index in [1.165, 1.54) is 5.56 Å². The zero-order valence-corrected chi connectivity index (χ0v) is 13.3. The predicted molar refractivity (Wildman–Crippen MR) is 82.3 cm³/mol. The average molecular weight is 307 g/mol. The fraction of sp³-hybridized carbons (Fsp3) is 0.500. The van der Waals surface area contributed by atoms with E-state index < -0.39 is 0 Å². The predicted octanol–water partition coefficient (Wildman–Crippen LogP) is 2.05. The molecule has 112 valence electrons. The van der Waals surface area contributed by atoms with Gasteiger partial charge in [0.2, 0.25) is 0 Å². The molecule has 0 saturated heterocycles. The number of rotatable bonds is 5. The van der Waals surface area contributed by atoms with E-state index in [2.05, 4.69) is 26.7 Å². The number of fused-ring (bicyclic) bond motifs is 1. The first-order valence-electron chi connectivity index (χ1n) is 7.08. The van der Waals surface area contributed by atoms with Crippen molar-refractivity contribution in [3.63, 3.8) is 0 Å². The van der Waals surface area contributed by atoms with Crippen LogP contribution in [0.1, 0.15) is 24.0 Å². The summed E-state index contributed by atoms with van der Waals surface area (Å²) in [6.45, 7) is 2.92. The lowest BCUT2D eigenvalue weighted by Gasteiger charge is -2.07. The Labute approximate surface area is 128 Å². The summed E-state index contributed by atoms with van der Waals surface area (Å²) < 4.78 is 5.89. The lowest BCUT2D eigenvalue weighted by molar-refractivity contribution is 0.649. The molecule has 0 amide bonds. The summed E-state index contributed by atoms with van der Waals surface area (Å²) in [5, 5.41) is 8.74. The van der Waals surface area contributed by atoms with E-state index in [0.717, 1.165) is 42.1 Å². The van der Waals surface area contributed by atoms with Gasteiger partial charge in [0.15, 0.2) is 5.65 Å². The third-order valence-corrected chi connectivity index (χ3v) is 3.95. The minimum atomic E-state index is 0.408. The van der Waals surface area contributed by atoms with Crippen LogP contribution in [0.25, 0.3) is 11.2 Å². The maximum Gasteiger partial charge on any atom is 0.158 e. The van der Waals surface area contributed by atoms with Crippen molar-refractivity contribution in [1.82, 2.24) is 29.1 Å². The van der Waals surface area contributed by atoms with E-state index >= 15 is 0 Å². The maximum absolute atomic E-state index is 6.06. The molecule has 7 heteroatoms. The molecule has 6 nitrogen and oxygen atoms in total. The minimum Gasteiger partial charge on any atom is -0.312 e. The Morgan fingerprint density at radius 3 is 2.71 bits per heavy atom. The summed E-state index contributed by atoms with van der Waals surface area (Å²) in [6, 6.07) is 0. The molecule has 3 aromatic rings. The van der Waals surface area contributed by atoms with Gasteiger partial charge in [-0.25, -0.2) is 4.98 Å². The first kappa shape index (κ1) is 14.1. The second-order valence-corrected chi connectivity index (χ2v) is 5.45. The van der Waals surface area contributed by atoms with Gasteiger partial charge in [0.05, 0.1) is 17.8 Å². The highest BCUT2D eigenvalue weighted by atomic mass is 35.5. The Hall–Kier alpha value is -1.82. The van der Waals surface area contributed by atoms with Crippen LogP contribution in [0.3, 0.4) is 0 Å². The zero-order valence-electron chi connectivity index (χ0n) is 12.5. The van der Waals surface area contributed by atoms with Crippen LogP contribution in [-0.2, 0) is 39.4 Å². The molecule has 0 aromatic carbocycles. The van der Waals surface area contributed by atoms with Crippen molar-refractivity contribution in [3.05, 3.63) is 29.5 Å². The van der Waals surface area contributed by atoms with Gasteiger partial charge in [0, 0.05) is 26.8 Å². The second kappa shape index (κ2) is 5.52. The molecule has 21 heavy (non-hydrogen) atoms. The molecule has 3 rings (SSSR count). The molecule has 0 radical (unpaired) electrons. The topological polar surface area (TPSA) is 53.5 Å². The van der Waals surface area contributed by atoms with Gasteiger partial charge in [0.1, 0.15) is 11.3 Å². The number of hydrogen-bond donors (Lipinski definition) is 0. The van der Waals surface area contributed by atoms with Gasteiger partial charge in [-0.1, -0.05) is 6.92 Å². The molecule has 0 aliphatic carbocycles. The first-order valence-corrected chi connectivity index (χ1v) is 7.62.